The van der Waals surface area contributed by atoms with Crippen molar-refractivity contribution >= 4 is 11.9 Å². The van der Waals surface area contributed by atoms with E-state index in [0.717, 1.165) is 4.57 Å². The van der Waals surface area contributed by atoms with Gasteiger partial charge in [-0.25, -0.2) is 10.5 Å². The molecule has 0 aliphatic heterocycles. The van der Waals surface area contributed by atoms with Crippen molar-refractivity contribution in [2.75, 3.05) is 13.2 Å². The van der Waals surface area contributed by atoms with Gasteiger partial charge in [0.25, 0.3) is 5.91 Å². The molecule has 17 heavy (non-hydrogen) atoms. The van der Waals surface area contributed by atoms with E-state index in [9.17, 15) is 14.9 Å². The first-order chi connectivity index (χ1) is 8.15. The first-order valence-corrected chi connectivity index (χ1v) is 4.44. The maximum absolute atomic E-state index is 11.2. The number of hydrogen-bond acceptors (Lipinski definition) is 7. The van der Waals surface area contributed by atoms with Crippen LogP contribution in [0.1, 0.15) is 0 Å². The second-order valence-electron chi connectivity index (χ2n) is 2.69. The number of carbonyl (C=O) groups excluding carboxylic acids is 1. The van der Waals surface area contributed by atoms with Gasteiger partial charge in [0.1, 0.15) is 12.4 Å². The Kier molecular flexibility index (Phi) is 7.17. The van der Waals surface area contributed by atoms with Crippen LogP contribution in [0.2, 0.25) is 0 Å². The third-order valence-corrected chi connectivity index (χ3v) is 1.60. The van der Waals surface area contributed by atoms with Gasteiger partial charge in [-0.05, 0) is 4.92 Å². The lowest BCUT2D eigenvalue weighted by Crippen LogP contribution is -2.30. The minimum absolute atomic E-state index is 0.126. The molecule has 0 fully saturated rings. The zero-order valence-corrected chi connectivity index (χ0v) is 8.81. The van der Waals surface area contributed by atoms with Crippen LogP contribution in [0.4, 0.5) is 5.95 Å². The molecular formula is C7H13N5O5. The number of nitrogens with one attached hydrogen (secondary N) is 1. The van der Waals surface area contributed by atoms with Crippen LogP contribution in [0.15, 0.2) is 12.4 Å². The fraction of sp³-hybridized carbons (Fsp3) is 0.429. The van der Waals surface area contributed by atoms with Gasteiger partial charge in [0, 0.05) is 6.54 Å². The van der Waals surface area contributed by atoms with E-state index in [1.54, 1.807) is 0 Å². The highest BCUT2D eigenvalue weighted by molar-refractivity contribution is 5.75. The lowest BCUT2D eigenvalue weighted by molar-refractivity contribution is -0.396. The van der Waals surface area contributed by atoms with Gasteiger partial charge in [0.2, 0.25) is 0 Å². The molecule has 10 heteroatoms. The molecule has 0 aliphatic rings. The lowest BCUT2D eigenvalue weighted by atomic mass is 10.5. The maximum Gasteiger partial charge on any atom is 0.435 e. The zero-order valence-electron chi connectivity index (χ0n) is 8.81. The van der Waals surface area contributed by atoms with E-state index < -0.39 is 10.8 Å². The highest BCUT2D eigenvalue weighted by Crippen LogP contribution is 2.06. The normalized spacial score (nSPS) is 9.12. The van der Waals surface area contributed by atoms with Gasteiger partial charge in [0.05, 0.1) is 6.61 Å². The van der Waals surface area contributed by atoms with Gasteiger partial charge in [0.15, 0.2) is 6.54 Å². The zero-order chi connectivity index (χ0) is 13.3. The Bertz CT molecular complexity index is 365. The van der Waals surface area contributed by atoms with Crippen LogP contribution < -0.4 is 11.2 Å². The summed E-state index contributed by atoms with van der Waals surface area (Å²) in [6, 6.07) is 0. The Balaban J connectivity index is 0.00000121. The number of nitrogens with two attached hydrogens (primary N) is 1. The van der Waals surface area contributed by atoms with Crippen LogP contribution in [0.25, 0.3) is 0 Å². The van der Waals surface area contributed by atoms with Crippen molar-refractivity contribution in [2.24, 2.45) is 5.90 Å². The van der Waals surface area contributed by atoms with E-state index in [1.807, 2.05) is 0 Å². The van der Waals surface area contributed by atoms with E-state index in [1.165, 1.54) is 12.4 Å². The summed E-state index contributed by atoms with van der Waals surface area (Å²) in [6.07, 6.45) is 2.59. The third kappa shape index (κ3) is 5.01. The van der Waals surface area contributed by atoms with E-state index in [2.05, 4.69) is 16.2 Å². The highest BCUT2D eigenvalue weighted by Gasteiger charge is 2.16. The topological polar surface area (TPSA) is 157 Å². The van der Waals surface area contributed by atoms with E-state index in [0.29, 0.717) is 0 Å². The molecule has 1 heterocycles. The number of aliphatic hydroxyl groups excluding tert-OH is 1. The monoisotopic (exact) mass is 247 g/mol. The smallest absolute Gasteiger partial charge is 0.395 e. The Labute approximate surface area is 95.8 Å². The Hall–Kier alpha value is -2.04. The standard InChI is InChI=1S/C7H10N4O4.H3NO/c12-4-2-8-6(13)5-10-3-1-9-7(10)11(14)15;1-2/h1,3,12H,2,4-5H2,(H,8,13);2H,1H2. The van der Waals surface area contributed by atoms with Gasteiger partial charge in [-0.1, -0.05) is 4.98 Å². The molecule has 1 rings (SSSR count). The second-order valence-corrected chi connectivity index (χ2v) is 2.69. The molecule has 96 valence electrons. The average molecular weight is 247 g/mol. The molecule has 0 saturated carbocycles. The largest absolute Gasteiger partial charge is 0.435 e. The molecule has 0 aliphatic carbocycles. The molecule has 10 nitrogen and oxygen atoms in total. The molecule has 1 amide bonds. The number of carbonyl (C=O) groups is 1. The van der Waals surface area contributed by atoms with Crippen molar-refractivity contribution in [3.8, 4) is 0 Å². The van der Waals surface area contributed by atoms with Crippen molar-refractivity contribution < 1.29 is 20.0 Å². The fourth-order valence-corrected chi connectivity index (χ4v) is 1.00. The molecule has 0 spiro atoms. The first-order valence-electron chi connectivity index (χ1n) is 4.44. The Morgan fingerprint density at radius 2 is 2.29 bits per heavy atom. The van der Waals surface area contributed by atoms with Gasteiger partial charge >= 0.3 is 5.95 Å². The van der Waals surface area contributed by atoms with Crippen LogP contribution in [0.5, 0.6) is 0 Å². The number of nitrogens with zero attached hydrogens (tertiary/aromatic N) is 3. The van der Waals surface area contributed by atoms with Crippen LogP contribution in [0, 0.1) is 10.1 Å². The molecule has 0 saturated heterocycles. The molecule has 1 aromatic heterocycles. The molecule has 0 atom stereocenters. The van der Waals surface area contributed by atoms with Gasteiger partial charge in [-0.15, -0.1) is 0 Å². The van der Waals surface area contributed by atoms with Gasteiger partial charge in [-0.3, -0.25) is 4.79 Å². The average Bonchev–Trinajstić information content (AvgIpc) is 2.77. The molecule has 1 aromatic rings. The number of imidazole rings is 1. The number of rotatable bonds is 5. The summed E-state index contributed by atoms with van der Waals surface area (Å²) in [4.78, 5) is 24.4. The summed E-state index contributed by atoms with van der Waals surface area (Å²) in [5.41, 5.74) is 0. The highest BCUT2D eigenvalue weighted by atomic mass is 16.6. The van der Waals surface area contributed by atoms with Crippen LogP contribution in [0.3, 0.4) is 0 Å². The van der Waals surface area contributed by atoms with Crippen molar-refractivity contribution in [2.45, 2.75) is 6.54 Å². The van der Waals surface area contributed by atoms with E-state index in [-0.39, 0.29) is 25.6 Å². The number of hydrogen-bond donors (Lipinski definition) is 4. The minimum atomic E-state index is -0.667. The minimum Gasteiger partial charge on any atom is -0.395 e. The van der Waals surface area contributed by atoms with Crippen molar-refractivity contribution in [3.05, 3.63) is 22.5 Å². The summed E-state index contributed by atoms with van der Waals surface area (Å²) in [7, 11) is 0. The molecule has 0 unspecified atom stereocenters. The van der Waals surface area contributed by atoms with Crippen molar-refractivity contribution in [1.82, 2.24) is 14.9 Å². The molecule has 0 aromatic carbocycles. The maximum atomic E-state index is 11.2. The SMILES string of the molecule is NO.O=C(Cn1ccnc1[N+](=O)[O-])NCCO. The first kappa shape index (κ1) is 15.0. The summed E-state index contributed by atoms with van der Waals surface area (Å²) in [5.74, 6) is 2.71. The third-order valence-electron chi connectivity index (χ3n) is 1.60. The van der Waals surface area contributed by atoms with Gasteiger partial charge < -0.3 is 25.7 Å². The molecule has 5 N–H and O–H groups in total. The number of nitro groups is 1. The predicted molar refractivity (Wildman–Crippen MR) is 55.0 cm³/mol. The number of amides is 1. The number of aliphatic hydroxyl groups is 1. The van der Waals surface area contributed by atoms with E-state index >= 15 is 0 Å². The molecular weight excluding hydrogens is 234 g/mol. The predicted octanol–water partition coefficient (Wildman–Crippen LogP) is -1.77. The lowest BCUT2D eigenvalue weighted by Gasteiger charge is -2.02. The number of aromatic nitrogens is 2. The fourth-order valence-electron chi connectivity index (χ4n) is 1.00. The summed E-state index contributed by atoms with van der Waals surface area (Å²) < 4.78 is 1.12. The van der Waals surface area contributed by atoms with Crippen molar-refractivity contribution in [3.63, 3.8) is 0 Å². The van der Waals surface area contributed by atoms with Crippen molar-refractivity contribution in [1.29, 1.82) is 0 Å². The van der Waals surface area contributed by atoms with Gasteiger partial charge in [-0.2, -0.15) is 0 Å². The van der Waals surface area contributed by atoms with Crippen LogP contribution >= 0.6 is 0 Å². The summed E-state index contributed by atoms with van der Waals surface area (Å²) >= 11 is 0. The van der Waals surface area contributed by atoms with E-state index in [4.69, 9.17) is 10.3 Å². The Morgan fingerprint density at radius 3 is 2.82 bits per heavy atom. The summed E-state index contributed by atoms with van der Waals surface area (Å²) in [5, 5.41) is 27.7. The van der Waals surface area contributed by atoms with Crippen LogP contribution in [-0.2, 0) is 11.3 Å². The molecule has 0 radical (unpaired) electrons. The second kappa shape index (κ2) is 8.15. The summed E-state index contributed by atoms with van der Waals surface area (Å²) in [6.45, 7) is -0.227. The molecule has 0 bridgehead atoms. The quantitative estimate of drug-likeness (QED) is 0.354. The van der Waals surface area contributed by atoms with Crippen LogP contribution in [-0.4, -0.2) is 43.8 Å². The Morgan fingerprint density at radius 1 is 1.65 bits per heavy atom.